The molecule has 158 valence electrons. The van der Waals surface area contributed by atoms with Crippen LogP contribution < -0.4 is 9.47 Å². The van der Waals surface area contributed by atoms with Gasteiger partial charge in [-0.1, -0.05) is 0 Å². The minimum absolute atomic E-state index is 0.659. The summed E-state index contributed by atoms with van der Waals surface area (Å²) in [5.74, 6) is 1.51. The third-order valence-corrected chi connectivity index (χ3v) is 6.34. The fraction of sp³-hybridized carbons (Fsp3) is 0.500. The van der Waals surface area contributed by atoms with Crippen LogP contribution in [0, 0.1) is 0 Å². The van der Waals surface area contributed by atoms with Crippen LogP contribution in [0.5, 0.6) is 11.5 Å². The highest BCUT2D eigenvalue weighted by molar-refractivity contribution is 5.57. The Morgan fingerprint density at radius 2 is 0.862 bits per heavy atom. The topological polar surface area (TPSA) is 46.2 Å². The van der Waals surface area contributed by atoms with Gasteiger partial charge in [-0.25, -0.2) is 0 Å². The van der Waals surface area contributed by atoms with Gasteiger partial charge < -0.3 is 23.7 Å². The van der Waals surface area contributed by atoms with Crippen molar-refractivity contribution in [2.75, 3.05) is 28.4 Å². The smallest absolute Gasteiger partial charge is 0.149 e. The lowest BCUT2D eigenvalue weighted by atomic mass is 9.63. The van der Waals surface area contributed by atoms with Gasteiger partial charge in [0.15, 0.2) is 0 Å². The second-order valence-electron chi connectivity index (χ2n) is 8.23. The molecule has 0 amide bonds. The first-order valence-corrected chi connectivity index (χ1v) is 9.75. The summed E-state index contributed by atoms with van der Waals surface area (Å²) in [7, 11) is 6.77. The Balaban J connectivity index is 2.20. The second-order valence-corrected chi connectivity index (χ2v) is 8.23. The number of methoxy groups -OCH3 is 4. The minimum atomic E-state index is -0.767. The summed E-state index contributed by atoms with van der Waals surface area (Å²) < 4.78 is 29.8. The highest BCUT2D eigenvalue weighted by Crippen LogP contribution is 2.52. The molecule has 0 radical (unpaired) electrons. The average Bonchev–Trinajstić information content (AvgIpc) is 2.73. The molecule has 5 heteroatoms. The normalized spacial score (nSPS) is 36.1. The monoisotopic (exact) mass is 400 g/mol. The van der Waals surface area contributed by atoms with E-state index >= 15 is 0 Å². The first-order chi connectivity index (χ1) is 13.6. The fourth-order valence-corrected chi connectivity index (χ4v) is 4.43. The Morgan fingerprint density at radius 1 is 0.517 bits per heavy atom. The maximum atomic E-state index is 6.56. The lowest BCUT2D eigenvalue weighted by molar-refractivity contribution is -0.0205. The Labute approximate surface area is 173 Å². The van der Waals surface area contributed by atoms with Gasteiger partial charge in [0.05, 0.1) is 7.11 Å². The van der Waals surface area contributed by atoms with Gasteiger partial charge in [0.2, 0.25) is 0 Å². The van der Waals surface area contributed by atoms with Crippen molar-refractivity contribution in [1.82, 2.24) is 0 Å². The molecule has 0 bridgehead atoms. The van der Waals surface area contributed by atoms with E-state index in [2.05, 4.69) is 0 Å². The second kappa shape index (κ2) is 7.31. The van der Waals surface area contributed by atoms with Crippen molar-refractivity contribution in [1.29, 1.82) is 0 Å². The Bertz CT molecular complexity index is 843. The van der Waals surface area contributed by atoms with Crippen LogP contribution in [0.15, 0.2) is 59.7 Å². The van der Waals surface area contributed by atoms with Gasteiger partial charge in [0.25, 0.3) is 0 Å². The number of benzene rings is 1. The summed E-state index contributed by atoms with van der Waals surface area (Å²) in [6.07, 6.45) is 8.17. The third-order valence-electron chi connectivity index (χ3n) is 6.34. The van der Waals surface area contributed by atoms with E-state index in [0.717, 1.165) is 22.6 Å². The standard InChI is InChI=1S/C24H32O5/c1-21(26-6)13-14-23(3,28-8)20-19(21)22(2,27-7)15-16-24(20,4)29-18-11-9-17(25-5)10-12-18/h9-16H,1-8H3. The lowest BCUT2D eigenvalue weighted by Crippen LogP contribution is -2.57. The molecule has 4 atom stereocenters. The molecule has 1 aromatic carbocycles. The van der Waals surface area contributed by atoms with Gasteiger partial charge in [0, 0.05) is 32.5 Å². The molecule has 2 aliphatic carbocycles. The molecule has 0 saturated carbocycles. The zero-order valence-electron chi connectivity index (χ0n) is 18.7. The highest BCUT2D eigenvalue weighted by atomic mass is 16.5. The molecule has 0 aromatic heterocycles. The molecule has 0 fully saturated rings. The predicted octanol–water partition coefficient (Wildman–Crippen LogP) is 4.48. The zero-order chi connectivity index (χ0) is 21.5. The van der Waals surface area contributed by atoms with Crippen LogP contribution in [0.2, 0.25) is 0 Å². The van der Waals surface area contributed by atoms with Crippen LogP contribution in [-0.2, 0) is 14.2 Å². The largest absolute Gasteiger partial charge is 0.497 e. The van der Waals surface area contributed by atoms with Gasteiger partial charge in [0.1, 0.15) is 33.9 Å². The lowest BCUT2D eigenvalue weighted by Gasteiger charge is -2.52. The van der Waals surface area contributed by atoms with E-state index in [1.807, 2.05) is 76.3 Å². The molecule has 29 heavy (non-hydrogen) atoms. The Hall–Kier alpha value is -2.08. The molecule has 0 N–H and O–H groups in total. The molecule has 2 aliphatic rings. The first kappa shape index (κ1) is 21.6. The van der Waals surface area contributed by atoms with E-state index in [9.17, 15) is 0 Å². The van der Waals surface area contributed by atoms with Crippen LogP contribution in [-0.4, -0.2) is 50.8 Å². The van der Waals surface area contributed by atoms with E-state index in [1.54, 1.807) is 28.4 Å². The molecule has 4 unspecified atom stereocenters. The number of rotatable bonds is 6. The SMILES string of the molecule is COc1ccc(OC2(C)C=CC(C)(OC)C3=C2C(C)(OC)C=CC3(C)OC)cc1. The maximum absolute atomic E-state index is 6.56. The summed E-state index contributed by atoms with van der Waals surface area (Å²) in [5.41, 5.74) is -0.806. The Kier molecular flexibility index (Phi) is 5.45. The predicted molar refractivity (Wildman–Crippen MR) is 114 cm³/mol. The highest BCUT2D eigenvalue weighted by Gasteiger charge is 2.55. The fourth-order valence-electron chi connectivity index (χ4n) is 4.43. The summed E-state index contributed by atoms with van der Waals surface area (Å²) in [6.45, 7) is 8.17. The van der Waals surface area contributed by atoms with Gasteiger partial charge in [-0.15, -0.1) is 0 Å². The zero-order valence-corrected chi connectivity index (χ0v) is 18.7. The molecule has 0 heterocycles. The molecule has 1 aromatic rings. The quantitative estimate of drug-likeness (QED) is 0.659. The minimum Gasteiger partial charge on any atom is -0.497 e. The number of hydrogen-bond donors (Lipinski definition) is 0. The first-order valence-electron chi connectivity index (χ1n) is 9.75. The van der Waals surface area contributed by atoms with Gasteiger partial charge in [-0.2, -0.15) is 0 Å². The summed E-state index contributed by atoms with van der Waals surface area (Å²) in [5, 5.41) is 0. The number of hydrogen-bond acceptors (Lipinski definition) is 5. The summed E-state index contributed by atoms with van der Waals surface area (Å²) in [6, 6.07) is 7.58. The van der Waals surface area contributed by atoms with Crippen molar-refractivity contribution in [3.63, 3.8) is 0 Å². The van der Waals surface area contributed by atoms with E-state index in [1.165, 1.54) is 0 Å². The van der Waals surface area contributed by atoms with Crippen LogP contribution in [0.25, 0.3) is 0 Å². The van der Waals surface area contributed by atoms with E-state index < -0.39 is 22.4 Å². The van der Waals surface area contributed by atoms with Crippen molar-refractivity contribution in [3.05, 3.63) is 59.7 Å². The molecule has 3 rings (SSSR count). The molecule has 5 nitrogen and oxygen atoms in total. The molecular weight excluding hydrogens is 368 g/mol. The molecule has 0 aliphatic heterocycles. The van der Waals surface area contributed by atoms with Crippen LogP contribution in [0.1, 0.15) is 27.7 Å². The molecular formula is C24H32O5. The van der Waals surface area contributed by atoms with E-state index in [4.69, 9.17) is 23.7 Å². The molecule has 0 spiro atoms. The van der Waals surface area contributed by atoms with Crippen molar-refractivity contribution in [2.24, 2.45) is 0 Å². The summed E-state index contributed by atoms with van der Waals surface area (Å²) >= 11 is 0. The van der Waals surface area contributed by atoms with Crippen LogP contribution in [0.3, 0.4) is 0 Å². The third kappa shape index (κ3) is 3.41. The van der Waals surface area contributed by atoms with Crippen molar-refractivity contribution < 1.29 is 23.7 Å². The van der Waals surface area contributed by atoms with Crippen molar-refractivity contribution >= 4 is 0 Å². The molecule has 0 saturated heterocycles. The van der Waals surface area contributed by atoms with Crippen molar-refractivity contribution in [3.8, 4) is 11.5 Å². The van der Waals surface area contributed by atoms with Crippen LogP contribution >= 0.6 is 0 Å². The summed E-state index contributed by atoms with van der Waals surface area (Å²) in [4.78, 5) is 0. The van der Waals surface area contributed by atoms with Gasteiger partial charge in [-0.3, -0.25) is 0 Å². The maximum Gasteiger partial charge on any atom is 0.149 e. The Morgan fingerprint density at radius 3 is 1.24 bits per heavy atom. The van der Waals surface area contributed by atoms with E-state index in [0.29, 0.717) is 0 Å². The number of ether oxygens (including phenoxy) is 5. The van der Waals surface area contributed by atoms with E-state index in [-0.39, 0.29) is 0 Å². The average molecular weight is 401 g/mol. The van der Waals surface area contributed by atoms with Crippen molar-refractivity contribution in [2.45, 2.75) is 50.1 Å². The van der Waals surface area contributed by atoms with Crippen LogP contribution in [0.4, 0.5) is 0 Å². The van der Waals surface area contributed by atoms with Gasteiger partial charge >= 0.3 is 0 Å². The van der Waals surface area contributed by atoms with Gasteiger partial charge in [-0.05, 0) is 76.3 Å².